The van der Waals surface area contributed by atoms with Gasteiger partial charge in [0.05, 0.1) is 0 Å². The van der Waals surface area contributed by atoms with Crippen molar-refractivity contribution in [2.75, 3.05) is 20.1 Å². The van der Waals surface area contributed by atoms with E-state index in [1.165, 1.54) is 42.5 Å². The second kappa shape index (κ2) is 6.35. The van der Waals surface area contributed by atoms with Crippen LogP contribution in [0.1, 0.15) is 36.0 Å². The maximum absolute atomic E-state index is 3.33. The van der Waals surface area contributed by atoms with Crippen molar-refractivity contribution in [2.24, 2.45) is 0 Å². The number of nitrogens with zero attached hydrogens (tertiary/aromatic N) is 1. The SMILES string of the molecule is CNCC1CCCCN1Cc1cc(C)cc(C)c1. The first-order valence-electron chi connectivity index (χ1n) is 7.15. The average Bonchev–Trinajstić information content (AvgIpc) is 2.30. The van der Waals surface area contributed by atoms with Crippen LogP contribution >= 0.6 is 0 Å². The highest BCUT2D eigenvalue weighted by Crippen LogP contribution is 2.20. The topological polar surface area (TPSA) is 15.3 Å². The summed E-state index contributed by atoms with van der Waals surface area (Å²) in [6.07, 6.45) is 4.08. The van der Waals surface area contributed by atoms with Crippen molar-refractivity contribution >= 4 is 0 Å². The molecule has 2 heteroatoms. The summed E-state index contributed by atoms with van der Waals surface area (Å²) in [5, 5.41) is 3.33. The third kappa shape index (κ3) is 3.56. The number of aryl methyl sites for hydroxylation is 2. The van der Waals surface area contributed by atoms with Gasteiger partial charge in [-0.05, 0) is 45.8 Å². The lowest BCUT2D eigenvalue weighted by atomic mass is 10.00. The number of hydrogen-bond donors (Lipinski definition) is 1. The number of benzene rings is 1. The van der Waals surface area contributed by atoms with Gasteiger partial charge in [0, 0.05) is 19.1 Å². The molecule has 1 aromatic carbocycles. The van der Waals surface area contributed by atoms with Gasteiger partial charge in [-0.15, -0.1) is 0 Å². The molecule has 1 aliphatic rings. The molecular formula is C16H26N2. The maximum Gasteiger partial charge on any atom is 0.0237 e. The summed E-state index contributed by atoms with van der Waals surface area (Å²) in [7, 11) is 2.06. The zero-order valence-corrected chi connectivity index (χ0v) is 12.0. The fourth-order valence-corrected chi connectivity index (χ4v) is 3.13. The van der Waals surface area contributed by atoms with Crippen molar-refractivity contribution in [2.45, 2.75) is 45.7 Å². The van der Waals surface area contributed by atoms with Crippen molar-refractivity contribution < 1.29 is 0 Å². The van der Waals surface area contributed by atoms with Crippen LogP contribution in [0.2, 0.25) is 0 Å². The van der Waals surface area contributed by atoms with Crippen molar-refractivity contribution in [3.8, 4) is 0 Å². The molecule has 1 saturated heterocycles. The minimum atomic E-state index is 0.713. The molecule has 0 aliphatic carbocycles. The van der Waals surface area contributed by atoms with Gasteiger partial charge in [0.15, 0.2) is 0 Å². The number of nitrogens with one attached hydrogen (secondary N) is 1. The quantitative estimate of drug-likeness (QED) is 0.879. The van der Waals surface area contributed by atoms with E-state index in [9.17, 15) is 0 Å². The van der Waals surface area contributed by atoms with Crippen LogP contribution in [0, 0.1) is 13.8 Å². The molecule has 0 saturated carbocycles. The van der Waals surface area contributed by atoms with Gasteiger partial charge in [0.25, 0.3) is 0 Å². The lowest BCUT2D eigenvalue weighted by Gasteiger charge is -2.35. The Morgan fingerprint density at radius 2 is 1.89 bits per heavy atom. The Bertz CT molecular complexity index is 364. The van der Waals surface area contributed by atoms with Crippen LogP contribution in [0.25, 0.3) is 0 Å². The average molecular weight is 246 g/mol. The second-order valence-electron chi connectivity index (χ2n) is 5.67. The number of likely N-dealkylation sites (N-methyl/N-ethyl adjacent to an activating group) is 1. The number of hydrogen-bond acceptors (Lipinski definition) is 2. The molecule has 1 unspecified atom stereocenters. The van der Waals surface area contributed by atoms with Gasteiger partial charge in [0.2, 0.25) is 0 Å². The summed E-state index contributed by atoms with van der Waals surface area (Å²) in [6, 6.07) is 7.63. The summed E-state index contributed by atoms with van der Waals surface area (Å²) < 4.78 is 0. The standard InChI is InChI=1S/C16H26N2/c1-13-8-14(2)10-15(9-13)12-18-7-5-4-6-16(18)11-17-3/h8-10,16-17H,4-7,11-12H2,1-3H3. The van der Waals surface area contributed by atoms with Gasteiger partial charge in [-0.1, -0.05) is 35.7 Å². The molecule has 18 heavy (non-hydrogen) atoms. The molecule has 1 fully saturated rings. The first-order valence-corrected chi connectivity index (χ1v) is 7.15. The van der Waals surface area contributed by atoms with Crippen LogP contribution in [-0.2, 0) is 6.54 Å². The van der Waals surface area contributed by atoms with E-state index in [2.05, 4.69) is 49.3 Å². The summed E-state index contributed by atoms with van der Waals surface area (Å²) >= 11 is 0. The highest BCUT2D eigenvalue weighted by molar-refractivity contribution is 5.28. The third-order valence-corrected chi connectivity index (χ3v) is 3.86. The van der Waals surface area contributed by atoms with Gasteiger partial charge in [-0.3, -0.25) is 4.90 Å². The summed E-state index contributed by atoms with van der Waals surface area (Å²) in [5.41, 5.74) is 4.23. The van der Waals surface area contributed by atoms with Crippen LogP contribution in [0.15, 0.2) is 18.2 Å². The highest BCUT2D eigenvalue weighted by atomic mass is 15.2. The fraction of sp³-hybridized carbons (Fsp3) is 0.625. The minimum absolute atomic E-state index is 0.713. The normalized spacial score (nSPS) is 21.2. The van der Waals surface area contributed by atoms with E-state index in [4.69, 9.17) is 0 Å². The third-order valence-electron chi connectivity index (χ3n) is 3.86. The molecule has 1 N–H and O–H groups in total. The lowest BCUT2D eigenvalue weighted by molar-refractivity contribution is 0.139. The molecular weight excluding hydrogens is 220 g/mol. The monoisotopic (exact) mass is 246 g/mol. The van der Waals surface area contributed by atoms with Crippen LogP contribution < -0.4 is 5.32 Å². The van der Waals surface area contributed by atoms with E-state index in [-0.39, 0.29) is 0 Å². The van der Waals surface area contributed by atoms with E-state index in [1.807, 2.05) is 0 Å². The Labute approximate surface area is 111 Å². The fourth-order valence-electron chi connectivity index (χ4n) is 3.13. The molecule has 1 aromatic rings. The second-order valence-corrected chi connectivity index (χ2v) is 5.67. The van der Waals surface area contributed by atoms with E-state index < -0.39 is 0 Å². The molecule has 0 amide bonds. The predicted octanol–water partition coefficient (Wildman–Crippen LogP) is 2.88. The van der Waals surface area contributed by atoms with Crippen LogP contribution in [-0.4, -0.2) is 31.1 Å². The molecule has 0 radical (unpaired) electrons. The van der Waals surface area contributed by atoms with E-state index in [1.54, 1.807) is 0 Å². The molecule has 1 aliphatic heterocycles. The van der Waals surface area contributed by atoms with Crippen LogP contribution in [0.3, 0.4) is 0 Å². The minimum Gasteiger partial charge on any atom is -0.318 e. The van der Waals surface area contributed by atoms with Gasteiger partial charge in [-0.2, -0.15) is 0 Å². The molecule has 2 rings (SSSR count). The Morgan fingerprint density at radius 3 is 2.56 bits per heavy atom. The van der Waals surface area contributed by atoms with E-state index in [0.717, 1.165) is 13.1 Å². The number of piperidine rings is 1. The van der Waals surface area contributed by atoms with Crippen LogP contribution in [0.5, 0.6) is 0 Å². The Balaban J connectivity index is 2.05. The van der Waals surface area contributed by atoms with Gasteiger partial charge < -0.3 is 5.32 Å². The van der Waals surface area contributed by atoms with Crippen molar-refractivity contribution in [1.29, 1.82) is 0 Å². The van der Waals surface area contributed by atoms with Gasteiger partial charge in [0.1, 0.15) is 0 Å². The molecule has 0 bridgehead atoms. The molecule has 0 spiro atoms. The van der Waals surface area contributed by atoms with E-state index in [0.29, 0.717) is 6.04 Å². The van der Waals surface area contributed by atoms with Crippen molar-refractivity contribution in [3.05, 3.63) is 34.9 Å². The molecule has 0 aromatic heterocycles. The summed E-state index contributed by atoms with van der Waals surface area (Å²) in [6.45, 7) is 7.86. The summed E-state index contributed by atoms with van der Waals surface area (Å²) in [5.74, 6) is 0. The van der Waals surface area contributed by atoms with Crippen LogP contribution in [0.4, 0.5) is 0 Å². The maximum atomic E-state index is 3.33. The Morgan fingerprint density at radius 1 is 1.17 bits per heavy atom. The first-order chi connectivity index (χ1) is 8.69. The molecule has 1 atom stereocenters. The predicted molar refractivity (Wildman–Crippen MR) is 77.9 cm³/mol. The van der Waals surface area contributed by atoms with E-state index >= 15 is 0 Å². The van der Waals surface area contributed by atoms with Crippen molar-refractivity contribution in [3.63, 3.8) is 0 Å². The van der Waals surface area contributed by atoms with Crippen molar-refractivity contribution in [1.82, 2.24) is 10.2 Å². The largest absolute Gasteiger partial charge is 0.318 e. The van der Waals surface area contributed by atoms with Gasteiger partial charge in [-0.25, -0.2) is 0 Å². The Hall–Kier alpha value is -0.860. The Kier molecular flexibility index (Phi) is 4.79. The first kappa shape index (κ1) is 13.6. The van der Waals surface area contributed by atoms with Gasteiger partial charge >= 0.3 is 0 Å². The molecule has 2 nitrogen and oxygen atoms in total. The zero-order chi connectivity index (χ0) is 13.0. The lowest BCUT2D eigenvalue weighted by Crippen LogP contribution is -2.44. The number of rotatable bonds is 4. The zero-order valence-electron chi connectivity index (χ0n) is 12.0. The summed E-state index contributed by atoms with van der Waals surface area (Å²) in [4.78, 5) is 2.65. The number of likely N-dealkylation sites (tertiary alicyclic amines) is 1. The molecule has 100 valence electrons. The molecule has 1 heterocycles. The smallest absolute Gasteiger partial charge is 0.0237 e. The highest BCUT2D eigenvalue weighted by Gasteiger charge is 2.21.